The lowest BCUT2D eigenvalue weighted by molar-refractivity contribution is -0.122. The number of anilines is 2. The Balaban J connectivity index is 1.58. The summed E-state index contributed by atoms with van der Waals surface area (Å²) in [5.74, 6) is -4.71. The SMILES string of the molecule is O=C(Nc1ccc(F)c(F)c1)C1CC1C(=O)Nc1ccccc1F. The second-order valence-electron chi connectivity index (χ2n) is 5.54. The van der Waals surface area contributed by atoms with Crippen LogP contribution in [0.4, 0.5) is 24.5 Å². The van der Waals surface area contributed by atoms with Crippen molar-refractivity contribution in [2.24, 2.45) is 11.8 Å². The van der Waals surface area contributed by atoms with E-state index in [0.29, 0.717) is 6.42 Å². The van der Waals surface area contributed by atoms with Gasteiger partial charge in [0, 0.05) is 11.8 Å². The molecule has 2 unspecified atom stereocenters. The van der Waals surface area contributed by atoms with Gasteiger partial charge >= 0.3 is 0 Å². The molecule has 1 saturated carbocycles. The number of amides is 2. The van der Waals surface area contributed by atoms with Crippen LogP contribution in [0.3, 0.4) is 0 Å². The van der Waals surface area contributed by atoms with Gasteiger partial charge in [-0.05, 0) is 30.7 Å². The van der Waals surface area contributed by atoms with Crippen LogP contribution in [0, 0.1) is 29.3 Å². The molecule has 0 aliphatic heterocycles. The summed E-state index contributed by atoms with van der Waals surface area (Å²) in [5, 5.41) is 4.87. The van der Waals surface area contributed by atoms with Crippen LogP contribution in [-0.4, -0.2) is 11.8 Å². The fraction of sp³-hybridized carbons (Fsp3) is 0.176. The number of halogens is 3. The lowest BCUT2D eigenvalue weighted by Crippen LogP contribution is -2.21. The van der Waals surface area contributed by atoms with Crippen LogP contribution in [0.2, 0.25) is 0 Å². The first-order valence-electron chi connectivity index (χ1n) is 7.27. The first kappa shape index (κ1) is 16.0. The maximum absolute atomic E-state index is 13.5. The van der Waals surface area contributed by atoms with E-state index in [0.717, 1.165) is 12.1 Å². The van der Waals surface area contributed by atoms with Gasteiger partial charge in [0.15, 0.2) is 11.6 Å². The molecule has 3 rings (SSSR count). The molecule has 7 heteroatoms. The van der Waals surface area contributed by atoms with Crippen molar-refractivity contribution in [2.45, 2.75) is 6.42 Å². The number of carbonyl (C=O) groups excluding carboxylic acids is 2. The van der Waals surface area contributed by atoms with Crippen molar-refractivity contribution in [3.63, 3.8) is 0 Å². The van der Waals surface area contributed by atoms with E-state index in [2.05, 4.69) is 10.6 Å². The summed E-state index contributed by atoms with van der Waals surface area (Å²) in [7, 11) is 0. The molecule has 0 radical (unpaired) electrons. The number of nitrogens with one attached hydrogen (secondary N) is 2. The summed E-state index contributed by atoms with van der Waals surface area (Å²) in [6, 6.07) is 8.72. The van der Waals surface area contributed by atoms with Gasteiger partial charge < -0.3 is 10.6 Å². The van der Waals surface area contributed by atoms with Crippen molar-refractivity contribution in [3.05, 3.63) is 59.9 Å². The predicted octanol–water partition coefficient (Wildman–Crippen LogP) is 3.32. The minimum absolute atomic E-state index is 0.0502. The van der Waals surface area contributed by atoms with Crippen molar-refractivity contribution in [2.75, 3.05) is 10.6 Å². The third-order valence-corrected chi connectivity index (χ3v) is 3.78. The Labute approximate surface area is 135 Å². The number of hydrogen-bond acceptors (Lipinski definition) is 2. The van der Waals surface area contributed by atoms with E-state index in [1.807, 2.05) is 0 Å². The Morgan fingerprint density at radius 1 is 0.833 bits per heavy atom. The minimum Gasteiger partial charge on any atom is -0.326 e. The zero-order valence-corrected chi connectivity index (χ0v) is 12.4. The second kappa shape index (κ2) is 6.35. The Bertz CT molecular complexity index is 810. The fourth-order valence-electron chi connectivity index (χ4n) is 2.37. The first-order chi connectivity index (χ1) is 11.5. The summed E-state index contributed by atoms with van der Waals surface area (Å²) in [5.41, 5.74) is 0.160. The molecule has 0 bridgehead atoms. The molecular formula is C17H13F3N2O2. The number of carbonyl (C=O) groups is 2. The Morgan fingerprint density at radius 2 is 1.50 bits per heavy atom. The highest BCUT2D eigenvalue weighted by atomic mass is 19.2. The molecule has 0 saturated heterocycles. The van der Waals surface area contributed by atoms with Crippen LogP contribution in [0.25, 0.3) is 0 Å². The van der Waals surface area contributed by atoms with Crippen LogP contribution < -0.4 is 10.6 Å². The van der Waals surface area contributed by atoms with Crippen molar-refractivity contribution < 1.29 is 22.8 Å². The normalized spacial score (nSPS) is 18.8. The van der Waals surface area contributed by atoms with Crippen LogP contribution in [-0.2, 0) is 9.59 Å². The van der Waals surface area contributed by atoms with Gasteiger partial charge in [-0.1, -0.05) is 12.1 Å². The molecule has 2 aromatic carbocycles. The molecule has 2 aromatic rings. The van der Waals surface area contributed by atoms with E-state index in [1.165, 1.54) is 24.3 Å². The molecule has 1 aliphatic carbocycles. The van der Waals surface area contributed by atoms with E-state index < -0.39 is 41.1 Å². The lowest BCUT2D eigenvalue weighted by atomic mass is 10.2. The maximum Gasteiger partial charge on any atom is 0.228 e. The average molecular weight is 334 g/mol. The van der Waals surface area contributed by atoms with Crippen molar-refractivity contribution in [1.29, 1.82) is 0 Å². The monoisotopic (exact) mass is 334 g/mol. The van der Waals surface area contributed by atoms with Crippen LogP contribution in [0.5, 0.6) is 0 Å². The summed E-state index contributed by atoms with van der Waals surface area (Å²) in [4.78, 5) is 24.0. The molecule has 24 heavy (non-hydrogen) atoms. The molecular weight excluding hydrogens is 321 g/mol. The highest BCUT2D eigenvalue weighted by Crippen LogP contribution is 2.40. The Hall–Kier alpha value is -2.83. The van der Waals surface area contributed by atoms with E-state index >= 15 is 0 Å². The Morgan fingerprint density at radius 3 is 2.17 bits per heavy atom. The van der Waals surface area contributed by atoms with Gasteiger partial charge in [-0.2, -0.15) is 0 Å². The van der Waals surface area contributed by atoms with Gasteiger partial charge in [0.1, 0.15) is 5.82 Å². The maximum atomic E-state index is 13.5. The van der Waals surface area contributed by atoms with Gasteiger partial charge in [-0.3, -0.25) is 9.59 Å². The van der Waals surface area contributed by atoms with E-state index in [9.17, 15) is 22.8 Å². The topological polar surface area (TPSA) is 58.2 Å². The molecule has 1 fully saturated rings. The van der Waals surface area contributed by atoms with Gasteiger partial charge in [0.05, 0.1) is 17.5 Å². The molecule has 2 amide bonds. The van der Waals surface area contributed by atoms with Crippen LogP contribution in [0.15, 0.2) is 42.5 Å². The van der Waals surface area contributed by atoms with Crippen LogP contribution >= 0.6 is 0 Å². The van der Waals surface area contributed by atoms with Gasteiger partial charge in [-0.15, -0.1) is 0 Å². The van der Waals surface area contributed by atoms with Crippen molar-refractivity contribution >= 4 is 23.2 Å². The summed E-state index contributed by atoms with van der Waals surface area (Å²) in [6.07, 6.45) is 0.315. The first-order valence-corrected chi connectivity index (χ1v) is 7.27. The molecule has 0 spiro atoms. The summed E-state index contributed by atoms with van der Waals surface area (Å²) < 4.78 is 39.4. The quantitative estimate of drug-likeness (QED) is 0.901. The highest BCUT2D eigenvalue weighted by Gasteiger charge is 2.48. The summed E-state index contributed by atoms with van der Waals surface area (Å²) >= 11 is 0. The van der Waals surface area contributed by atoms with Gasteiger partial charge in [0.25, 0.3) is 0 Å². The highest BCUT2D eigenvalue weighted by molar-refractivity contribution is 6.03. The van der Waals surface area contributed by atoms with E-state index in [-0.39, 0.29) is 11.4 Å². The average Bonchev–Trinajstić information content (AvgIpc) is 3.34. The second-order valence-corrected chi connectivity index (χ2v) is 5.54. The number of rotatable bonds is 4. The zero-order valence-electron chi connectivity index (χ0n) is 12.4. The number of para-hydroxylation sites is 1. The zero-order chi connectivity index (χ0) is 17.3. The standard InChI is InChI=1S/C17H13F3N2O2/c18-12-6-5-9(7-14(12)20)21-16(23)10-8-11(10)17(24)22-15-4-2-1-3-13(15)19/h1-7,10-11H,8H2,(H,21,23)(H,22,24). The molecule has 0 aromatic heterocycles. The van der Waals surface area contributed by atoms with E-state index in [1.54, 1.807) is 6.07 Å². The van der Waals surface area contributed by atoms with Gasteiger partial charge in [-0.25, -0.2) is 13.2 Å². The third-order valence-electron chi connectivity index (χ3n) is 3.78. The molecule has 1 aliphatic rings. The van der Waals surface area contributed by atoms with E-state index in [4.69, 9.17) is 0 Å². The largest absolute Gasteiger partial charge is 0.326 e. The predicted molar refractivity (Wildman–Crippen MR) is 81.6 cm³/mol. The molecule has 2 N–H and O–H groups in total. The summed E-state index contributed by atoms with van der Waals surface area (Å²) in [6.45, 7) is 0. The van der Waals surface area contributed by atoms with Crippen molar-refractivity contribution in [1.82, 2.24) is 0 Å². The third kappa shape index (κ3) is 3.40. The lowest BCUT2D eigenvalue weighted by Gasteiger charge is -2.07. The van der Waals surface area contributed by atoms with Crippen molar-refractivity contribution in [3.8, 4) is 0 Å². The molecule has 124 valence electrons. The smallest absolute Gasteiger partial charge is 0.228 e. The molecule has 4 nitrogen and oxygen atoms in total. The fourth-order valence-corrected chi connectivity index (χ4v) is 2.37. The molecule has 0 heterocycles. The minimum atomic E-state index is -1.07. The Kier molecular flexibility index (Phi) is 4.24. The molecule has 2 atom stereocenters. The number of hydrogen-bond donors (Lipinski definition) is 2. The van der Waals surface area contributed by atoms with Gasteiger partial charge in [0.2, 0.25) is 11.8 Å². The van der Waals surface area contributed by atoms with Crippen LogP contribution in [0.1, 0.15) is 6.42 Å². The number of benzene rings is 2.